The van der Waals surface area contributed by atoms with Crippen LogP contribution in [0, 0.1) is 0 Å². The Morgan fingerprint density at radius 1 is 0.833 bits per heavy atom. The summed E-state index contributed by atoms with van der Waals surface area (Å²) in [6.45, 7) is 2.80. The van der Waals surface area contributed by atoms with Crippen LogP contribution in [0.3, 0.4) is 0 Å². The Labute approximate surface area is 146 Å². The van der Waals surface area contributed by atoms with Gasteiger partial charge < -0.3 is 4.74 Å². The summed E-state index contributed by atoms with van der Waals surface area (Å²) in [5.41, 5.74) is 1.05. The SMILES string of the molecule is CCCCCCCCCCOC(=O)Cc1cccc2ccccc12. The highest BCUT2D eigenvalue weighted by Gasteiger charge is 2.07. The normalized spacial score (nSPS) is 10.9. The van der Waals surface area contributed by atoms with E-state index in [0.29, 0.717) is 13.0 Å². The minimum absolute atomic E-state index is 0.116. The Kier molecular flexibility index (Phi) is 8.37. The lowest BCUT2D eigenvalue weighted by molar-refractivity contribution is -0.142. The van der Waals surface area contributed by atoms with Gasteiger partial charge in [-0.25, -0.2) is 0 Å². The molecule has 24 heavy (non-hydrogen) atoms. The number of unbranched alkanes of at least 4 members (excludes halogenated alkanes) is 7. The van der Waals surface area contributed by atoms with E-state index in [-0.39, 0.29) is 5.97 Å². The van der Waals surface area contributed by atoms with Gasteiger partial charge in [0.15, 0.2) is 0 Å². The van der Waals surface area contributed by atoms with Gasteiger partial charge in [0.05, 0.1) is 13.0 Å². The third kappa shape index (κ3) is 6.35. The van der Waals surface area contributed by atoms with Crippen LogP contribution >= 0.6 is 0 Å². The van der Waals surface area contributed by atoms with Crippen molar-refractivity contribution in [2.45, 2.75) is 64.7 Å². The zero-order valence-electron chi connectivity index (χ0n) is 14.9. The minimum atomic E-state index is -0.116. The van der Waals surface area contributed by atoms with Crippen LogP contribution < -0.4 is 0 Å². The fourth-order valence-electron chi connectivity index (χ4n) is 3.08. The van der Waals surface area contributed by atoms with Crippen molar-refractivity contribution in [2.75, 3.05) is 6.61 Å². The topological polar surface area (TPSA) is 26.3 Å². The molecule has 0 aliphatic heterocycles. The Morgan fingerprint density at radius 2 is 1.50 bits per heavy atom. The van der Waals surface area contributed by atoms with Crippen molar-refractivity contribution in [3.05, 3.63) is 48.0 Å². The first kappa shape index (κ1) is 18.5. The van der Waals surface area contributed by atoms with Crippen molar-refractivity contribution < 1.29 is 9.53 Å². The molecule has 0 atom stereocenters. The largest absolute Gasteiger partial charge is 0.465 e. The molecule has 0 N–H and O–H groups in total. The maximum atomic E-state index is 12.0. The smallest absolute Gasteiger partial charge is 0.310 e. The van der Waals surface area contributed by atoms with Gasteiger partial charge in [0.25, 0.3) is 0 Å². The molecule has 2 aromatic rings. The Morgan fingerprint density at radius 3 is 2.29 bits per heavy atom. The van der Waals surface area contributed by atoms with Gasteiger partial charge in [0.1, 0.15) is 0 Å². The van der Waals surface area contributed by atoms with Crippen molar-refractivity contribution in [3.63, 3.8) is 0 Å². The van der Waals surface area contributed by atoms with E-state index in [1.54, 1.807) is 0 Å². The quantitative estimate of drug-likeness (QED) is 0.370. The molecule has 0 unspecified atom stereocenters. The Bertz CT molecular complexity index is 613. The Balaban J connectivity index is 1.63. The van der Waals surface area contributed by atoms with E-state index in [0.717, 1.165) is 23.8 Å². The maximum Gasteiger partial charge on any atom is 0.310 e. The van der Waals surface area contributed by atoms with Gasteiger partial charge in [-0.05, 0) is 22.8 Å². The first-order chi connectivity index (χ1) is 11.8. The average Bonchev–Trinajstić information content (AvgIpc) is 2.61. The van der Waals surface area contributed by atoms with Crippen LogP contribution in [0.1, 0.15) is 63.9 Å². The van der Waals surface area contributed by atoms with Crippen LogP contribution in [0.15, 0.2) is 42.5 Å². The number of benzene rings is 2. The first-order valence-corrected chi connectivity index (χ1v) is 9.43. The fourth-order valence-corrected chi connectivity index (χ4v) is 3.08. The van der Waals surface area contributed by atoms with E-state index in [4.69, 9.17) is 4.74 Å². The molecule has 0 saturated carbocycles. The third-order valence-electron chi connectivity index (χ3n) is 4.48. The number of fused-ring (bicyclic) bond motifs is 1. The summed E-state index contributed by atoms with van der Waals surface area (Å²) < 4.78 is 5.40. The van der Waals surface area contributed by atoms with Gasteiger partial charge in [-0.3, -0.25) is 4.79 Å². The second-order valence-electron chi connectivity index (χ2n) is 6.51. The molecule has 0 spiro atoms. The average molecular weight is 326 g/mol. The third-order valence-corrected chi connectivity index (χ3v) is 4.48. The molecule has 0 amide bonds. The molecule has 0 fully saturated rings. The number of hydrogen-bond donors (Lipinski definition) is 0. The van der Waals surface area contributed by atoms with Gasteiger partial charge in [0, 0.05) is 0 Å². The summed E-state index contributed by atoms with van der Waals surface area (Å²) in [4.78, 5) is 12.0. The second kappa shape index (κ2) is 10.9. The van der Waals surface area contributed by atoms with Crippen molar-refractivity contribution in [2.24, 2.45) is 0 Å². The van der Waals surface area contributed by atoms with Gasteiger partial charge in [0.2, 0.25) is 0 Å². The lowest BCUT2D eigenvalue weighted by atomic mass is 10.0. The van der Waals surface area contributed by atoms with E-state index in [2.05, 4.69) is 25.1 Å². The molecule has 2 nitrogen and oxygen atoms in total. The van der Waals surface area contributed by atoms with Crippen LogP contribution in [-0.2, 0) is 16.0 Å². The van der Waals surface area contributed by atoms with Crippen molar-refractivity contribution in [1.29, 1.82) is 0 Å². The van der Waals surface area contributed by atoms with Crippen LogP contribution in [0.5, 0.6) is 0 Å². The summed E-state index contributed by atoms with van der Waals surface area (Å²) >= 11 is 0. The van der Waals surface area contributed by atoms with E-state index in [1.165, 1.54) is 43.9 Å². The first-order valence-electron chi connectivity index (χ1n) is 9.43. The molecule has 0 heterocycles. The number of carbonyl (C=O) groups excluding carboxylic acids is 1. The number of hydrogen-bond acceptors (Lipinski definition) is 2. The summed E-state index contributed by atoms with van der Waals surface area (Å²) in [7, 11) is 0. The standard InChI is InChI=1S/C22H30O2/c1-2-3-4-5-6-7-8-11-17-24-22(23)18-20-15-12-14-19-13-9-10-16-21(19)20/h9-10,12-16H,2-8,11,17-18H2,1H3. The molecular weight excluding hydrogens is 296 g/mol. The van der Waals surface area contributed by atoms with Crippen LogP contribution in [0.25, 0.3) is 10.8 Å². The molecular formula is C22H30O2. The van der Waals surface area contributed by atoms with E-state index in [1.807, 2.05) is 24.3 Å². The fraction of sp³-hybridized carbons (Fsp3) is 0.500. The summed E-state index contributed by atoms with van der Waals surface area (Å²) in [5, 5.41) is 2.31. The molecule has 0 aliphatic rings. The van der Waals surface area contributed by atoms with E-state index < -0.39 is 0 Å². The minimum Gasteiger partial charge on any atom is -0.465 e. The molecule has 0 radical (unpaired) electrons. The summed E-state index contributed by atoms with van der Waals surface area (Å²) in [6, 6.07) is 14.3. The number of ether oxygens (including phenoxy) is 1. The molecule has 0 saturated heterocycles. The molecule has 2 rings (SSSR count). The van der Waals surface area contributed by atoms with E-state index >= 15 is 0 Å². The molecule has 130 valence electrons. The number of esters is 1. The van der Waals surface area contributed by atoms with Gasteiger partial charge >= 0.3 is 5.97 Å². The second-order valence-corrected chi connectivity index (χ2v) is 6.51. The molecule has 0 aliphatic carbocycles. The number of carbonyl (C=O) groups is 1. The molecule has 0 aromatic heterocycles. The predicted octanol–water partition coefficient (Wildman–Crippen LogP) is 6.07. The zero-order chi connectivity index (χ0) is 17.0. The lowest BCUT2D eigenvalue weighted by Crippen LogP contribution is -2.09. The maximum absolute atomic E-state index is 12.0. The Hall–Kier alpha value is -1.83. The molecule has 2 heteroatoms. The van der Waals surface area contributed by atoms with Crippen molar-refractivity contribution >= 4 is 16.7 Å². The van der Waals surface area contributed by atoms with Crippen molar-refractivity contribution in [1.82, 2.24) is 0 Å². The van der Waals surface area contributed by atoms with Crippen LogP contribution in [0.4, 0.5) is 0 Å². The van der Waals surface area contributed by atoms with Crippen LogP contribution in [0.2, 0.25) is 0 Å². The zero-order valence-corrected chi connectivity index (χ0v) is 14.9. The monoisotopic (exact) mass is 326 g/mol. The van der Waals surface area contributed by atoms with Crippen molar-refractivity contribution in [3.8, 4) is 0 Å². The summed E-state index contributed by atoms with van der Waals surface area (Å²) in [6.07, 6.45) is 10.4. The molecule has 0 bridgehead atoms. The lowest BCUT2D eigenvalue weighted by Gasteiger charge is -2.07. The number of rotatable bonds is 11. The highest BCUT2D eigenvalue weighted by atomic mass is 16.5. The van der Waals surface area contributed by atoms with E-state index in [9.17, 15) is 4.79 Å². The van der Waals surface area contributed by atoms with Gasteiger partial charge in [-0.15, -0.1) is 0 Å². The predicted molar refractivity (Wildman–Crippen MR) is 101 cm³/mol. The highest BCUT2D eigenvalue weighted by Crippen LogP contribution is 2.19. The van der Waals surface area contributed by atoms with Gasteiger partial charge in [-0.1, -0.05) is 94.3 Å². The highest BCUT2D eigenvalue weighted by molar-refractivity contribution is 5.88. The van der Waals surface area contributed by atoms with Gasteiger partial charge in [-0.2, -0.15) is 0 Å². The molecule has 2 aromatic carbocycles. The summed E-state index contributed by atoms with van der Waals surface area (Å²) in [5.74, 6) is -0.116. The van der Waals surface area contributed by atoms with Crippen LogP contribution in [-0.4, -0.2) is 12.6 Å².